The lowest BCUT2D eigenvalue weighted by atomic mass is 10.1. The standard InChI is InChI=1S/C10H12ClNO2/c11-6-10(14)12-9(7-13)8-4-2-1-3-5-8/h1-5,9,13H,6-7H2,(H,12,14)/t9-/m0/s1. The summed E-state index contributed by atoms with van der Waals surface area (Å²) >= 11 is 5.35. The zero-order valence-corrected chi connectivity index (χ0v) is 8.37. The second kappa shape index (κ2) is 5.62. The van der Waals surface area contributed by atoms with Gasteiger partial charge in [-0.3, -0.25) is 4.79 Å². The Morgan fingerprint density at radius 3 is 2.57 bits per heavy atom. The number of aliphatic hydroxyl groups is 1. The number of nitrogens with one attached hydrogen (secondary N) is 1. The molecule has 0 spiro atoms. The Hall–Kier alpha value is -1.06. The molecule has 3 nitrogen and oxygen atoms in total. The van der Waals surface area contributed by atoms with Gasteiger partial charge >= 0.3 is 0 Å². The van der Waals surface area contributed by atoms with Crippen LogP contribution in [-0.2, 0) is 4.79 Å². The zero-order valence-electron chi connectivity index (χ0n) is 7.61. The minimum atomic E-state index is -0.373. The number of rotatable bonds is 4. The molecule has 0 bridgehead atoms. The maximum Gasteiger partial charge on any atom is 0.235 e. The summed E-state index contributed by atoms with van der Waals surface area (Å²) in [5.74, 6) is -0.377. The van der Waals surface area contributed by atoms with Crippen LogP contribution in [0.1, 0.15) is 11.6 Å². The minimum Gasteiger partial charge on any atom is -0.394 e. The van der Waals surface area contributed by atoms with E-state index in [1.165, 1.54) is 0 Å². The van der Waals surface area contributed by atoms with Crippen molar-refractivity contribution in [3.8, 4) is 0 Å². The van der Waals surface area contributed by atoms with Gasteiger partial charge in [0, 0.05) is 0 Å². The van der Waals surface area contributed by atoms with E-state index >= 15 is 0 Å². The van der Waals surface area contributed by atoms with Crippen molar-refractivity contribution in [3.63, 3.8) is 0 Å². The average Bonchev–Trinajstić information content (AvgIpc) is 2.26. The summed E-state index contributed by atoms with van der Waals surface area (Å²) in [6, 6.07) is 8.89. The highest BCUT2D eigenvalue weighted by Crippen LogP contribution is 2.11. The number of aliphatic hydroxyl groups excluding tert-OH is 1. The summed E-state index contributed by atoms with van der Waals surface area (Å²) in [4.78, 5) is 11.0. The van der Waals surface area contributed by atoms with E-state index in [1.807, 2.05) is 30.3 Å². The van der Waals surface area contributed by atoms with Crippen molar-refractivity contribution in [1.82, 2.24) is 5.32 Å². The number of amides is 1. The quantitative estimate of drug-likeness (QED) is 0.736. The van der Waals surface area contributed by atoms with Gasteiger partial charge in [0.1, 0.15) is 5.88 Å². The molecule has 0 unspecified atom stereocenters. The molecule has 0 aliphatic heterocycles. The second-order valence-electron chi connectivity index (χ2n) is 2.85. The number of carbonyl (C=O) groups is 1. The van der Waals surface area contributed by atoms with Crippen LogP contribution in [0.4, 0.5) is 0 Å². The van der Waals surface area contributed by atoms with Crippen LogP contribution in [0.15, 0.2) is 30.3 Å². The third kappa shape index (κ3) is 3.01. The van der Waals surface area contributed by atoms with Crippen molar-refractivity contribution in [3.05, 3.63) is 35.9 Å². The van der Waals surface area contributed by atoms with Crippen molar-refractivity contribution in [2.75, 3.05) is 12.5 Å². The monoisotopic (exact) mass is 213 g/mol. The molecule has 14 heavy (non-hydrogen) atoms. The normalized spacial score (nSPS) is 12.1. The molecular weight excluding hydrogens is 202 g/mol. The highest BCUT2D eigenvalue weighted by Gasteiger charge is 2.11. The predicted molar refractivity (Wildman–Crippen MR) is 55.1 cm³/mol. The Kier molecular flexibility index (Phi) is 4.43. The number of hydrogen-bond acceptors (Lipinski definition) is 2. The van der Waals surface area contributed by atoms with Gasteiger partial charge < -0.3 is 10.4 Å². The lowest BCUT2D eigenvalue weighted by Crippen LogP contribution is -2.31. The lowest BCUT2D eigenvalue weighted by Gasteiger charge is -2.15. The van der Waals surface area contributed by atoms with E-state index in [2.05, 4.69) is 5.32 Å². The molecule has 0 saturated heterocycles. The number of benzene rings is 1. The molecule has 0 fully saturated rings. The average molecular weight is 214 g/mol. The van der Waals surface area contributed by atoms with E-state index < -0.39 is 0 Å². The largest absolute Gasteiger partial charge is 0.394 e. The fourth-order valence-corrected chi connectivity index (χ4v) is 1.23. The number of hydrogen-bond donors (Lipinski definition) is 2. The molecule has 0 aliphatic rings. The molecule has 0 aliphatic carbocycles. The molecule has 1 aromatic rings. The summed E-state index contributed by atoms with van der Waals surface area (Å²) in [5, 5.41) is 11.7. The van der Waals surface area contributed by atoms with Gasteiger partial charge in [0.15, 0.2) is 0 Å². The molecule has 0 aromatic heterocycles. The van der Waals surface area contributed by atoms with Gasteiger partial charge in [0.05, 0.1) is 12.6 Å². The molecule has 0 saturated carbocycles. The first kappa shape index (κ1) is 11.0. The van der Waals surface area contributed by atoms with E-state index in [0.29, 0.717) is 0 Å². The van der Waals surface area contributed by atoms with Crippen molar-refractivity contribution in [1.29, 1.82) is 0 Å². The fourth-order valence-electron chi connectivity index (χ4n) is 1.15. The Morgan fingerprint density at radius 1 is 1.43 bits per heavy atom. The van der Waals surface area contributed by atoms with Crippen molar-refractivity contribution >= 4 is 17.5 Å². The molecule has 0 heterocycles. The Labute approximate surface area is 87.7 Å². The highest BCUT2D eigenvalue weighted by atomic mass is 35.5. The van der Waals surface area contributed by atoms with E-state index in [-0.39, 0.29) is 24.4 Å². The summed E-state index contributed by atoms with van der Waals surface area (Å²) in [6.45, 7) is -0.132. The van der Waals surface area contributed by atoms with Crippen LogP contribution >= 0.6 is 11.6 Å². The Morgan fingerprint density at radius 2 is 2.07 bits per heavy atom. The first-order valence-electron chi connectivity index (χ1n) is 4.29. The molecule has 2 N–H and O–H groups in total. The van der Waals surface area contributed by atoms with Crippen molar-refractivity contribution in [2.45, 2.75) is 6.04 Å². The van der Waals surface area contributed by atoms with E-state index in [9.17, 15) is 4.79 Å². The highest BCUT2D eigenvalue weighted by molar-refractivity contribution is 6.27. The summed E-state index contributed by atoms with van der Waals surface area (Å²) < 4.78 is 0. The van der Waals surface area contributed by atoms with Gasteiger partial charge in [0.2, 0.25) is 5.91 Å². The third-order valence-electron chi connectivity index (χ3n) is 1.84. The second-order valence-corrected chi connectivity index (χ2v) is 3.11. The van der Waals surface area contributed by atoms with Crippen LogP contribution in [0.2, 0.25) is 0 Å². The van der Waals surface area contributed by atoms with E-state index in [0.717, 1.165) is 5.56 Å². The first-order valence-corrected chi connectivity index (χ1v) is 4.82. The summed E-state index contributed by atoms with van der Waals surface area (Å²) in [6.07, 6.45) is 0. The van der Waals surface area contributed by atoms with Crippen LogP contribution < -0.4 is 5.32 Å². The van der Waals surface area contributed by atoms with Gasteiger partial charge in [-0.25, -0.2) is 0 Å². The van der Waals surface area contributed by atoms with Crippen LogP contribution in [0.3, 0.4) is 0 Å². The molecule has 1 aromatic carbocycles. The van der Waals surface area contributed by atoms with Gasteiger partial charge in [-0.15, -0.1) is 11.6 Å². The van der Waals surface area contributed by atoms with Crippen LogP contribution in [-0.4, -0.2) is 23.5 Å². The smallest absolute Gasteiger partial charge is 0.235 e. The third-order valence-corrected chi connectivity index (χ3v) is 2.08. The maximum atomic E-state index is 11.0. The molecular formula is C10H12ClNO2. The lowest BCUT2D eigenvalue weighted by molar-refractivity contribution is -0.119. The molecule has 1 amide bonds. The van der Waals surface area contributed by atoms with E-state index in [4.69, 9.17) is 16.7 Å². The van der Waals surface area contributed by atoms with Crippen molar-refractivity contribution < 1.29 is 9.90 Å². The topological polar surface area (TPSA) is 49.3 Å². The van der Waals surface area contributed by atoms with Gasteiger partial charge in [-0.2, -0.15) is 0 Å². The number of carbonyl (C=O) groups excluding carboxylic acids is 1. The van der Waals surface area contributed by atoms with Crippen LogP contribution in [0.5, 0.6) is 0 Å². The SMILES string of the molecule is O=C(CCl)N[C@@H](CO)c1ccccc1. The number of alkyl halides is 1. The Balaban J connectivity index is 2.68. The molecule has 4 heteroatoms. The van der Waals surface area contributed by atoms with Crippen molar-refractivity contribution in [2.24, 2.45) is 0 Å². The van der Waals surface area contributed by atoms with Gasteiger partial charge in [-0.1, -0.05) is 30.3 Å². The molecule has 1 rings (SSSR count). The molecule has 0 radical (unpaired) electrons. The van der Waals surface area contributed by atoms with Crippen LogP contribution in [0.25, 0.3) is 0 Å². The summed E-state index contributed by atoms with van der Waals surface area (Å²) in [7, 11) is 0. The van der Waals surface area contributed by atoms with E-state index in [1.54, 1.807) is 0 Å². The maximum absolute atomic E-state index is 11.0. The van der Waals surface area contributed by atoms with Gasteiger partial charge in [-0.05, 0) is 5.56 Å². The number of halogens is 1. The summed E-state index contributed by atoms with van der Waals surface area (Å²) in [5.41, 5.74) is 0.869. The fraction of sp³-hybridized carbons (Fsp3) is 0.300. The zero-order chi connectivity index (χ0) is 10.4. The molecule has 76 valence electrons. The van der Waals surface area contributed by atoms with Gasteiger partial charge in [0.25, 0.3) is 0 Å². The molecule has 1 atom stereocenters. The van der Waals surface area contributed by atoms with Crippen LogP contribution in [0, 0.1) is 0 Å². The Bertz CT molecular complexity index is 289. The first-order chi connectivity index (χ1) is 6.77. The minimum absolute atomic E-state index is 0.0939. The predicted octanol–water partition coefficient (Wildman–Crippen LogP) is 1.07.